The van der Waals surface area contributed by atoms with E-state index in [1.807, 2.05) is 13.1 Å². The van der Waals surface area contributed by atoms with Crippen LogP contribution in [0.3, 0.4) is 0 Å². The second kappa shape index (κ2) is 4.94. The molecule has 4 heteroatoms. The van der Waals surface area contributed by atoms with Crippen LogP contribution in [-0.4, -0.2) is 26.0 Å². The Labute approximate surface area is 114 Å². The Morgan fingerprint density at radius 3 is 3.05 bits per heavy atom. The van der Waals surface area contributed by atoms with Crippen molar-refractivity contribution >= 4 is 11.6 Å². The van der Waals surface area contributed by atoms with Gasteiger partial charge in [-0.05, 0) is 49.0 Å². The first-order valence-corrected chi connectivity index (χ1v) is 7.02. The first-order valence-electron chi connectivity index (χ1n) is 7.02. The van der Waals surface area contributed by atoms with Crippen molar-refractivity contribution in [3.8, 4) is 0 Å². The van der Waals surface area contributed by atoms with Gasteiger partial charge >= 0.3 is 0 Å². The largest absolute Gasteiger partial charge is 0.324 e. The summed E-state index contributed by atoms with van der Waals surface area (Å²) in [5.41, 5.74) is 9.70. The minimum atomic E-state index is 0.0686. The van der Waals surface area contributed by atoms with E-state index in [1.165, 1.54) is 12.8 Å². The summed E-state index contributed by atoms with van der Waals surface area (Å²) >= 11 is 0. The van der Waals surface area contributed by atoms with Crippen molar-refractivity contribution in [1.29, 1.82) is 0 Å². The Balaban J connectivity index is 1.82. The highest BCUT2D eigenvalue weighted by Crippen LogP contribution is 2.32. The third kappa shape index (κ3) is 2.26. The first kappa shape index (κ1) is 12.6. The van der Waals surface area contributed by atoms with E-state index in [9.17, 15) is 4.79 Å². The first-order chi connectivity index (χ1) is 9.16. The molecule has 1 saturated heterocycles. The van der Waals surface area contributed by atoms with E-state index in [1.54, 1.807) is 4.90 Å². The van der Waals surface area contributed by atoms with Crippen LogP contribution in [0, 0.1) is 5.92 Å². The number of carbonyl (C=O) groups excluding carboxylic acids is 1. The van der Waals surface area contributed by atoms with Gasteiger partial charge in [-0.1, -0.05) is 12.1 Å². The van der Waals surface area contributed by atoms with Gasteiger partial charge in [0.25, 0.3) is 0 Å². The number of benzene rings is 1. The van der Waals surface area contributed by atoms with Gasteiger partial charge in [-0.15, -0.1) is 0 Å². The lowest BCUT2D eigenvalue weighted by Crippen LogP contribution is -2.36. The lowest BCUT2D eigenvalue weighted by Gasteiger charge is -2.28. The summed E-state index contributed by atoms with van der Waals surface area (Å²) in [6, 6.07) is 6.30. The number of nitrogens with one attached hydrogen (secondary N) is 1. The average Bonchev–Trinajstić information content (AvgIpc) is 2.74. The van der Waals surface area contributed by atoms with Crippen LogP contribution in [0.5, 0.6) is 0 Å². The Morgan fingerprint density at radius 2 is 2.32 bits per heavy atom. The predicted octanol–water partition coefficient (Wildman–Crippen LogP) is 1.20. The summed E-state index contributed by atoms with van der Waals surface area (Å²) in [4.78, 5) is 13.4. The summed E-state index contributed by atoms with van der Waals surface area (Å²) in [7, 11) is 1.83. The number of fused-ring (bicyclic) bond motifs is 1. The molecule has 0 spiro atoms. The Hall–Kier alpha value is -1.39. The van der Waals surface area contributed by atoms with Gasteiger partial charge in [-0.3, -0.25) is 4.79 Å². The second-order valence-electron chi connectivity index (χ2n) is 5.65. The molecule has 102 valence electrons. The topological polar surface area (TPSA) is 58.4 Å². The van der Waals surface area contributed by atoms with E-state index >= 15 is 0 Å². The van der Waals surface area contributed by atoms with E-state index in [0.29, 0.717) is 12.3 Å². The van der Waals surface area contributed by atoms with Crippen LogP contribution in [-0.2, 0) is 11.2 Å². The monoisotopic (exact) mass is 259 g/mol. The second-order valence-corrected chi connectivity index (χ2v) is 5.65. The molecule has 1 amide bonds. The molecule has 1 aromatic rings. The quantitative estimate of drug-likeness (QED) is 0.839. The SMILES string of the molecule is CN1C(=O)Cc2cc(C(N)C3CCCNC3)ccc21. The maximum absolute atomic E-state index is 11.7. The number of hydrogen-bond donors (Lipinski definition) is 2. The van der Waals surface area contributed by atoms with Gasteiger partial charge in [-0.2, -0.15) is 0 Å². The molecule has 2 aliphatic heterocycles. The van der Waals surface area contributed by atoms with Crippen LogP contribution < -0.4 is 16.0 Å². The Kier molecular flexibility index (Phi) is 3.29. The molecule has 2 aliphatic rings. The minimum absolute atomic E-state index is 0.0686. The summed E-state index contributed by atoms with van der Waals surface area (Å²) in [5.74, 6) is 0.668. The highest BCUT2D eigenvalue weighted by molar-refractivity contribution is 6.00. The molecule has 0 aliphatic carbocycles. The lowest BCUT2D eigenvalue weighted by atomic mass is 9.87. The van der Waals surface area contributed by atoms with E-state index < -0.39 is 0 Å². The molecule has 0 saturated carbocycles. The van der Waals surface area contributed by atoms with Crippen LogP contribution in [0.15, 0.2) is 18.2 Å². The fourth-order valence-corrected chi connectivity index (χ4v) is 3.15. The number of nitrogens with two attached hydrogens (primary N) is 1. The highest BCUT2D eigenvalue weighted by atomic mass is 16.2. The summed E-state index contributed by atoms with van der Waals surface area (Å²) in [5, 5.41) is 3.41. The number of hydrogen-bond acceptors (Lipinski definition) is 3. The zero-order chi connectivity index (χ0) is 13.4. The average molecular weight is 259 g/mol. The van der Waals surface area contributed by atoms with E-state index in [4.69, 9.17) is 5.73 Å². The third-order valence-corrected chi connectivity index (χ3v) is 4.41. The van der Waals surface area contributed by atoms with Crippen molar-refractivity contribution in [2.45, 2.75) is 25.3 Å². The van der Waals surface area contributed by atoms with E-state index in [0.717, 1.165) is 29.9 Å². The van der Waals surface area contributed by atoms with Gasteiger partial charge in [0.15, 0.2) is 0 Å². The third-order valence-electron chi connectivity index (χ3n) is 4.41. The number of rotatable bonds is 2. The van der Waals surface area contributed by atoms with Gasteiger partial charge in [0.05, 0.1) is 6.42 Å². The standard InChI is InChI=1S/C15H21N3O/c1-18-13-5-4-10(7-12(13)8-14(18)19)15(16)11-3-2-6-17-9-11/h4-5,7,11,15,17H,2-3,6,8-9,16H2,1H3. The van der Waals surface area contributed by atoms with Crippen molar-refractivity contribution in [3.63, 3.8) is 0 Å². The Bertz CT molecular complexity index is 494. The molecule has 19 heavy (non-hydrogen) atoms. The van der Waals surface area contributed by atoms with Crippen molar-refractivity contribution in [1.82, 2.24) is 5.32 Å². The van der Waals surface area contributed by atoms with Crippen LogP contribution in [0.4, 0.5) is 5.69 Å². The number of anilines is 1. The van der Waals surface area contributed by atoms with E-state index in [-0.39, 0.29) is 11.9 Å². The van der Waals surface area contributed by atoms with Crippen molar-refractivity contribution in [2.75, 3.05) is 25.0 Å². The molecular weight excluding hydrogens is 238 g/mol. The van der Waals surface area contributed by atoms with Crippen molar-refractivity contribution in [3.05, 3.63) is 29.3 Å². The Morgan fingerprint density at radius 1 is 1.47 bits per heavy atom. The smallest absolute Gasteiger partial charge is 0.231 e. The molecule has 2 atom stereocenters. The molecule has 3 N–H and O–H groups in total. The molecule has 1 fully saturated rings. The highest BCUT2D eigenvalue weighted by Gasteiger charge is 2.27. The maximum atomic E-state index is 11.7. The maximum Gasteiger partial charge on any atom is 0.231 e. The van der Waals surface area contributed by atoms with Crippen LogP contribution in [0.1, 0.15) is 30.0 Å². The molecule has 2 unspecified atom stereocenters. The van der Waals surface area contributed by atoms with Crippen molar-refractivity contribution in [2.24, 2.45) is 11.7 Å². The number of likely N-dealkylation sites (N-methyl/N-ethyl adjacent to an activating group) is 1. The number of piperidine rings is 1. The number of amides is 1. The predicted molar refractivity (Wildman–Crippen MR) is 76.1 cm³/mol. The van der Waals surface area contributed by atoms with Gasteiger partial charge in [0, 0.05) is 18.8 Å². The number of nitrogens with zero attached hydrogens (tertiary/aromatic N) is 1. The summed E-state index contributed by atoms with van der Waals surface area (Å²) in [6.45, 7) is 2.10. The van der Waals surface area contributed by atoms with Crippen LogP contribution in [0.2, 0.25) is 0 Å². The fraction of sp³-hybridized carbons (Fsp3) is 0.533. The molecule has 0 radical (unpaired) electrons. The van der Waals surface area contributed by atoms with Gasteiger partial charge < -0.3 is 16.0 Å². The summed E-state index contributed by atoms with van der Waals surface area (Å²) in [6.07, 6.45) is 2.89. The molecule has 0 bridgehead atoms. The molecular formula is C15H21N3O. The lowest BCUT2D eigenvalue weighted by molar-refractivity contribution is -0.117. The fourth-order valence-electron chi connectivity index (χ4n) is 3.15. The molecule has 2 heterocycles. The van der Waals surface area contributed by atoms with Crippen LogP contribution in [0.25, 0.3) is 0 Å². The van der Waals surface area contributed by atoms with Gasteiger partial charge in [0.1, 0.15) is 0 Å². The van der Waals surface area contributed by atoms with Gasteiger partial charge in [0.2, 0.25) is 5.91 Å². The molecule has 4 nitrogen and oxygen atoms in total. The normalized spacial score (nSPS) is 24.4. The summed E-state index contributed by atoms with van der Waals surface area (Å²) < 4.78 is 0. The van der Waals surface area contributed by atoms with Crippen LogP contribution >= 0.6 is 0 Å². The molecule has 0 aromatic heterocycles. The minimum Gasteiger partial charge on any atom is -0.324 e. The zero-order valence-electron chi connectivity index (χ0n) is 11.4. The van der Waals surface area contributed by atoms with E-state index in [2.05, 4.69) is 17.4 Å². The zero-order valence-corrected chi connectivity index (χ0v) is 11.4. The molecule has 3 rings (SSSR count). The van der Waals surface area contributed by atoms with Gasteiger partial charge in [-0.25, -0.2) is 0 Å². The van der Waals surface area contributed by atoms with Crippen molar-refractivity contribution < 1.29 is 4.79 Å². The number of carbonyl (C=O) groups is 1. The molecule has 1 aromatic carbocycles.